The summed E-state index contributed by atoms with van der Waals surface area (Å²) in [5, 5.41) is 8.67. The van der Waals surface area contributed by atoms with Crippen molar-refractivity contribution in [3.8, 4) is 0 Å². The summed E-state index contributed by atoms with van der Waals surface area (Å²) in [6, 6.07) is 0. The number of nitrogens with zero attached hydrogens (tertiary/aromatic N) is 1. The van der Waals surface area contributed by atoms with Gasteiger partial charge in [0.2, 0.25) is 0 Å². The third-order valence-corrected chi connectivity index (χ3v) is 3.74. The lowest BCUT2D eigenvalue weighted by atomic mass is 9.90. The molecule has 0 saturated heterocycles. The van der Waals surface area contributed by atoms with E-state index in [0.717, 1.165) is 15.6 Å². The highest BCUT2D eigenvalue weighted by molar-refractivity contribution is 7.14. The Labute approximate surface area is 102 Å². The van der Waals surface area contributed by atoms with Gasteiger partial charge in [0.25, 0.3) is 0 Å². The minimum Gasteiger partial charge on any atom is -0.383 e. The minimum absolute atomic E-state index is 0.0123. The molecule has 1 heterocycles. The third kappa shape index (κ3) is 2.61. The van der Waals surface area contributed by atoms with Gasteiger partial charge in [-0.3, -0.25) is 5.41 Å². The molecule has 90 valence electrons. The topological polar surface area (TPSA) is 62.8 Å². The van der Waals surface area contributed by atoms with Gasteiger partial charge in [-0.1, -0.05) is 41.5 Å². The summed E-state index contributed by atoms with van der Waals surface area (Å²) in [6.45, 7) is 12.7. The summed E-state index contributed by atoms with van der Waals surface area (Å²) >= 11 is 1.54. The first kappa shape index (κ1) is 13.2. The second-order valence-electron chi connectivity index (χ2n) is 6.11. The molecule has 0 aromatic carbocycles. The standard InChI is InChI=1S/C12H21N3S/c1-11(2,3)8-7(9(13)14)16-10(15-8)12(4,5)6/h1-6H3,(H3,13,14). The maximum Gasteiger partial charge on any atom is 0.135 e. The summed E-state index contributed by atoms with van der Waals surface area (Å²) in [6.07, 6.45) is 0. The van der Waals surface area contributed by atoms with Crippen molar-refractivity contribution in [2.24, 2.45) is 5.73 Å². The molecule has 0 atom stereocenters. The highest BCUT2D eigenvalue weighted by atomic mass is 32.1. The highest BCUT2D eigenvalue weighted by Crippen LogP contribution is 2.34. The maximum atomic E-state index is 7.62. The second-order valence-corrected chi connectivity index (χ2v) is 7.11. The van der Waals surface area contributed by atoms with Crippen molar-refractivity contribution >= 4 is 17.2 Å². The number of amidine groups is 1. The second kappa shape index (κ2) is 3.84. The Morgan fingerprint density at radius 2 is 1.62 bits per heavy atom. The molecule has 4 heteroatoms. The van der Waals surface area contributed by atoms with E-state index >= 15 is 0 Å². The van der Waals surface area contributed by atoms with Crippen LogP contribution in [0.1, 0.15) is 57.1 Å². The summed E-state index contributed by atoms with van der Waals surface area (Å²) < 4.78 is 0. The van der Waals surface area contributed by atoms with Crippen molar-refractivity contribution in [1.29, 1.82) is 5.41 Å². The SMILES string of the molecule is CC(C)(C)c1nc(C(C)(C)C)c(C(=N)N)s1. The molecule has 0 saturated carbocycles. The molecule has 0 bridgehead atoms. The number of nitrogen functional groups attached to an aromatic ring is 1. The molecule has 0 amide bonds. The molecule has 3 N–H and O–H groups in total. The fourth-order valence-electron chi connectivity index (χ4n) is 1.33. The van der Waals surface area contributed by atoms with Crippen LogP contribution in [-0.2, 0) is 10.8 Å². The Balaban J connectivity index is 3.38. The van der Waals surface area contributed by atoms with E-state index in [-0.39, 0.29) is 16.7 Å². The molecule has 0 unspecified atom stereocenters. The maximum absolute atomic E-state index is 7.62. The van der Waals surface area contributed by atoms with Crippen LogP contribution in [0.3, 0.4) is 0 Å². The minimum atomic E-state index is -0.0684. The van der Waals surface area contributed by atoms with E-state index in [2.05, 4.69) is 46.5 Å². The lowest BCUT2D eigenvalue weighted by Crippen LogP contribution is -2.20. The van der Waals surface area contributed by atoms with E-state index in [9.17, 15) is 0 Å². The largest absolute Gasteiger partial charge is 0.383 e. The third-order valence-electron chi connectivity index (χ3n) is 2.22. The van der Waals surface area contributed by atoms with Crippen LogP contribution in [0.25, 0.3) is 0 Å². The lowest BCUT2D eigenvalue weighted by molar-refractivity contribution is 0.546. The average Bonchev–Trinajstić information content (AvgIpc) is 2.44. The number of hydrogen-bond acceptors (Lipinski definition) is 3. The van der Waals surface area contributed by atoms with Crippen LogP contribution in [-0.4, -0.2) is 10.8 Å². The number of rotatable bonds is 1. The van der Waals surface area contributed by atoms with Gasteiger partial charge in [-0.05, 0) is 0 Å². The van der Waals surface area contributed by atoms with Gasteiger partial charge in [0.05, 0.1) is 15.6 Å². The number of nitrogens with one attached hydrogen (secondary N) is 1. The molecular weight excluding hydrogens is 218 g/mol. The molecule has 0 fully saturated rings. The van der Waals surface area contributed by atoms with E-state index in [1.54, 1.807) is 11.3 Å². The zero-order valence-corrected chi connectivity index (χ0v) is 11.7. The van der Waals surface area contributed by atoms with Crippen LogP contribution in [0.4, 0.5) is 0 Å². The molecule has 0 aliphatic carbocycles. The molecule has 0 spiro atoms. The summed E-state index contributed by atoms with van der Waals surface area (Å²) in [4.78, 5) is 5.49. The summed E-state index contributed by atoms with van der Waals surface area (Å²) in [5.41, 5.74) is 6.51. The molecule has 0 aliphatic heterocycles. The quantitative estimate of drug-likeness (QED) is 0.584. The van der Waals surface area contributed by atoms with Crippen molar-refractivity contribution in [3.05, 3.63) is 15.6 Å². The molecule has 1 rings (SSSR count). The predicted octanol–water partition coefficient (Wildman–Crippen LogP) is 3.02. The van der Waals surface area contributed by atoms with Gasteiger partial charge >= 0.3 is 0 Å². The van der Waals surface area contributed by atoms with Gasteiger partial charge in [0.1, 0.15) is 5.84 Å². The van der Waals surface area contributed by atoms with E-state index in [1.165, 1.54) is 0 Å². The molecule has 3 nitrogen and oxygen atoms in total. The average molecular weight is 239 g/mol. The fourth-order valence-corrected chi connectivity index (χ4v) is 2.53. The highest BCUT2D eigenvalue weighted by Gasteiger charge is 2.28. The van der Waals surface area contributed by atoms with Gasteiger partial charge in [0.15, 0.2) is 0 Å². The van der Waals surface area contributed by atoms with Crippen molar-refractivity contribution < 1.29 is 0 Å². The van der Waals surface area contributed by atoms with Crippen molar-refractivity contribution in [2.75, 3.05) is 0 Å². The van der Waals surface area contributed by atoms with Crippen molar-refractivity contribution in [2.45, 2.75) is 52.4 Å². The molecule has 16 heavy (non-hydrogen) atoms. The first-order valence-corrected chi connectivity index (χ1v) is 6.21. The molecule has 0 aliphatic rings. The monoisotopic (exact) mass is 239 g/mol. The Morgan fingerprint density at radius 1 is 1.12 bits per heavy atom. The Bertz CT molecular complexity index is 405. The van der Waals surface area contributed by atoms with E-state index in [0.29, 0.717) is 0 Å². The van der Waals surface area contributed by atoms with Gasteiger partial charge in [-0.25, -0.2) is 4.98 Å². The Morgan fingerprint density at radius 3 is 1.88 bits per heavy atom. The molecule has 1 aromatic heterocycles. The van der Waals surface area contributed by atoms with E-state index < -0.39 is 0 Å². The Kier molecular flexibility index (Phi) is 3.16. The van der Waals surface area contributed by atoms with Crippen LogP contribution < -0.4 is 5.73 Å². The van der Waals surface area contributed by atoms with Crippen LogP contribution in [0.5, 0.6) is 0 Å². The fraction of sp³-hybridized carbons (Fsp3) is 0.667. The van der Waals surface area contributed by atoms with Gasteiger partial charge in [-0.15, -0.1) is 11.3 Å². The summed E-state index contributed by atoms with van der Waals surface area (Å²) in [7, 11) is 0. The van der Waals surface area contributed by atoms with Crippen molar-refractivity contribution in [3.63, 3.8) is 0 Å². The number of thiazole rings is 1. The zero-order valence-electron chi connectivity index (χ0n) is 10.9. The van der Waals surface area contributed by atoms with Gasteiger partial charge in [-0.2, -0.15) is 0 Å². The molecular formula is C12H21N3S. The van der Waals surface area contributed by atoms with Crippen LogP contribution in [0, 0.1) is 5.41 Å². The molecule has 0 radical (unpaired) electrons. The zero-order chi connectivity index (χ0) is 12.7. The Hall–Kier alpha value is -0.900. The number of aromatic nitrogens is 1. The molecule has 1 aromatic rings. The lowest BCUT2D eigenvalue weighted by Gasteiger charge is -2.18. The number of nitrogens with two attached hydrogens (primary N) is 1. The smallest absolute Gasteiger partial charge is 0.135 e. The van der Waals surface area contributed by atoms with Gasteiger partial charge in [0, 0.05) is 10.8 Å². The first-order valence-electron chi connectivity index (χ1n) is 5.39. The number of hydrogen-bond donors (Lipinski definition) is 2. The van der Waals surface area contributed by atoms with Crippen molar-refractivity contribution in [1.82, 2.24) is 4.98 Å². The van der Waals surface area contributed by atoms with E-state index in [1.807, 2.05) is 0 Å². The normalized spacial score (nSPS) is 12.9. The van der Waals surface area contributed by atoms with Crippen LogP contribution >= 0.6 is 11.3 Å². The van der Waals surface area contributed by atoms with Crippen LogP contribution in [0.15, 0.2) is 0 Å². The van der Waals surface area contributed by atoms with E-state index in [4.69, 9.17) is 11.1 Å². The van der Waals surface area contributed by atoms with Crippen LogP contribution in [0.2, 0.25) is 0 Å². The first-order chi connectivity index (χ1) is 7.03. The summed E-state index contributed by atoms with van der Waals surface area (Å²) in [5.74, 6) is 0.123. The predicted molar refractivity (Wildman–Crippen MR) is 70.5 cm³/mol. The van der Waals surface area contributed by atoms with Gasteiger partial charge < -0.3 is 5.73 Å².